The van der Waals surface area contributed by atoms with Crippen LogP contribution < -0.4 is 20.5 Å². The van der Waals surface area contributed by atoms with E-state index < -0.39 is 0 Å². The molecule has 7 nitrogen and oxygen atoms in total. The molecule has 8 heteroatoms. The minimum Gasteiger partial charge on any atom is -0.496 e. The van der Waals surface area contributed by atoms with Crippen molar-refractivity contribution in [2.75, 3.05) is 38.0 Å². The van der Waals surface area contributed by atoms with Gasteiger partial charge >= 0.3 is 0 Å². The predicted octanol–water partition coefficient (Wildman–Crippen LogP) is 5.20. The number of halogens is 1. The Morgan fingerprint density at radius 3 is 2.51 bits per heavy atom. The van der Waals surface area contributed by atoms with Crippen molar-refractivity contribution in [2.24, 2.45) is 0 Å². The molecule has 188 valence electrons. The van der Waals surface area contributed by atoms with E-state index in [2.05, 4.69) is 58.2 Å². The van der Waals surface area contributed by atoms with Crippen molar-refractivity contribution in [3.8, 4) is 5.75 Å². The number of aryl methyl sites for hydroxylation is 1. The Hall–Kier alpha value is -2.77. The van der Waals surface area contributed by atoms with Gasteiger partial charge in [0, 0.05) is 52.0 Å². The second-order valence-corrected chi connectivity index (χ2v) is 10.0. The van der Waals surface area contributed by atoms with E-state index in [1.807, 2.05) is 25.3 Å². The number of hydrogen-bond acceptors (Lipinski definition) is 6. The van der Waals surface area contributed by atoms with E-state index in [1.54, 1.807) is 7.11 Å². The minimum atomic E-state index is -0.168. The van der Waals surface area contributed by atoms with Gasteiger partial charge in [0.05, 0.1) is 19.2 Å². The predicted molar refractivity (Wildman–Crippen MR) is 145 cm³/mol. The van der Waals surface area contributed by atoms with Crippen molar-refractivity contribution in [1.82, 2.24) is 14.9 Å². The van der Waals surface area contributed by atoms with Crippen LogP contribution in [0.25, 0.3) is 10.8 Å². The fourth-order valence-corrected chi connectivity index (χ4v) is 5.54. The van der Waals surface area contributed by atoms with Crippen LogP contribution >= 0.6 is 11.6 Å². The Labute approximate surface area is 212 Å². The average molecular weight is 498 g/mol. The molecule has 1 aliphatic rings. The number of hydrogen-bond donors (Lipinski definition) is 2. The third-order valence-electron chi connectivity index (χ3n) is 7.19. The number of methoxy groups -OCH3 is 1. The molecule has 0 radical (unpaired) electrons. The van der Waals surface area contributed by atoms with Crippen LogP contribution in [-0.2, 0) is 6.54 Å². The number of anilines is 2. The Balaban J connectivity index is 1.66. The van der Waals surface area contributed by atoms with Gasteiger partial charge < -0.3 is 24.8 Å². The topological polar surface area (TPSA) is 73.5 Å². The number of rotatable bonds is 8. The number of nitrogens with one attached hydrogen (secondary N) is 2. The molecule has 4 rings (SSSR count). The standard InChI is InChI=1S/C27H36ClN5O2/c1-6-33(20-9-7-19(8-10-20)32(3)4)24-15-18(28)14-22-21(24)11-12-29-26(22)30-16-23-25(35-5)13-17(2)31-27(23)34/h11-15,19-20H,6-10,16H2,1-5H3,(H,29,30)(H,31,34). The molecule has 1 saturated carbocycles. The number of aromatic amines is 1. The number of pyridine rings is 2. The van der Waals surface area contributed by atoms with E-state index in [0.717, 1.165) is 41.5 Å². The summed E-state index contributed by atoms with van der Waals surface area (Å²) in [5, 5.41) is 6.08. The monoisotopic (exact) mass is 497 g/mol. The molecular formula is C27H36ClN5O2. The molecular weight excluding hydrogens is 462 g/mol. The van der Waals surface area contributed by atoms with Crippen molar-refractivity contribution in [1.29, 1.82) is 0 Å². The number of benzene rings is 1. The molecule has 0 aliphatic heterocycles. The van der Waals surface area contributed by atoms with E-state index in [0.29, 0.717) is 40.8 Å². The zero-order chi connectivity index (χ0) is 25.1. The largest absolute Gasteiger partial charge is 0.496 e. The first kappa shape index (κ1) is 25.3. The number of H-pyrrole nitrogens is 1. The summed E-state index contributed by atoms with van der Waals surface area (Å²) < 4.78 is 5.45. The van der Waals surface area contributed by atoms with Gasteiger partial charge in [0.25, 0.3) is 5.56 Å². The van der Waals surface area contributed by atoms with Crippen molar-refractivity contribution in [3.63, 3.8) is 0 Å². The highest BCUT2D eigenvalue weighted by atomic mass is 35.5. The molecule has 3 aromatic rings. The van der Waals surface area contributed by atoms with Gasteiger partial charge in [0.1, 0.15) is 11.6 Å². The maximum atomic E-state index is 12.6. The van der Waals surface area contributed by atoms with Gasteiger partial charge in [-0.3, -0.25) is 4.79 Å². The van der Waals surface area contributed by atoms with Crippen LogP contribution in [0.1, 0.15) is 43.9 Å². The summed E-state index contributed by atoms with van der Waals surface area (Å²) in [5.41, 5.74) is 2.26. The molecule has 2 aromatic heterocycles. The number of fused-ring (bicyclic) bond motifs is 1. The lowest BCUT2D eigenvalue weighted by atomic mass is 9.89. The van der Waals surface area contributed by atoms with Crippen LogP contribution in [0.5, 0.6) is 5.75 Å². The highest BCUT2D eigenvalue weighted by Gasteiger charge is 2.27. The van der Waals surface area contributed by atoms with E-state index in [4.69, 9.17) is 16.3 Å². The van der Waals surface area contributed by atoms with Crippen LogP contribution in [0.3, 0.4) is 0 Å². The van der Waals surface area contributed by atoms with Crippen LogP contribution in [0.2, 0.25) is 5.02 Å². The summed E-state index contributed by atoms with van der Waals surface area (Å²) in [7, 11) is 5.93. The zero-order valence-electron chi connectivity index (χ0n) is 21.3. The van der Waals surface area contributed by atoms with Crippen molar-refractivity contribution < 1.29 is 4.74 Å². The Bertz CT molecular complexity index is 1230. The fourth-order valence-electron chi connectivity index (χ4n) is 5.33. The summed E-state index contributed by atoms with van der Waals surface area (Å²) in [6.07, 6.45) is 6.55. The maximum absolute atomic E-state index is 12.6. The molecule has 1 fully saturated rings. The van der Waals surface area contributed by atoms with E-state index >= 15 is 0 Å². The van der Waals surface area contributed by atoms with Crippen molar-refractivity contribution >= 4 is 33.9 Å². The average Bonchev–Trinajstić information content (AvgIpc) is 2.84. The molecule has 0 atom stereocenters. The van der Waals surface area contributed by atoms with Gasteiger partial charge in [-0.1, -0.05) is 11.6 Å². The number of aromatic nitrogens is 2. The number of ether oxygens (including phenoxy) is 1. The molecule has 2 N–H and O–H groups in total. The first-order valence-corrected chi connectivity index (χ1v) is 12.7. The summed E-state index contributed by atoms with van der Waals surface area (Å²) in [6, 6.07) is 9.04. The molecule has 0 bridgehead atoms. The first-order valence-electron chi connectivity index (χ1n) is 12.3. The van der Waals surface area contributed by atoms with Crippen LogP contribution in [0.4, 0.5) is 11.5 Å². The van der Waals surface area contributed by atoms with Gasteiger partial charge in [0.15, 0.2) is 0 Å². The van der Waals surface area contributed by atoms with Gasteiger partial charge in [-0.15, -0.1) is 0 Å². The van der Waals surface area contributed by atoms with Gasteiger partial charge in [-0.2, -0.15) is 0 Å². The molecule has 35 heavy (non-hydrogen) atoms. The van der Waals surface area contributed by atoms with Gasteiger partial charge in [-0.05, 0) is 77.9 Å². The maximum Gasteiger partial charge on any atom is 0.256 e. The summed E-state index contributed by atoms with van der Waals surface area (Å²) in [4.78, 5) is 24.8. The summed E-state index contributed by atoms with van der Waals surface area (Å²) in [6.45, 7) is 5.25. The lowest BCUT2D eigenvalue weighted by Gasteiger charge is -2.40. The smallest absolute Gasteiger partial charge is 0.256 e. The van der Waals surface area contributed by atoms with Crippen molar-refractivity contribution in [2.45, 2.75) is 58.2 Å². The Morgan fingerprint density at radius 2 is 1.86 bits per heavy atom. The summed E-state index contributed by atoms with van der Waals surface area (Å²) in [5.74, 6) is 1.25. The molecule has 1 aromatic carbocycles. The quantitative estimate of drug-likeness (QED) is 0.445. The Morgan fingerprint density at radius 1 is 1.14 bits per heavy atom. The third kappa shape index (κ3) is 5.41. The third-order valence-corrected chi connectivity index (χ3v) is 7.41. The fraction of sp³-hybridized carbons (Fsp3) is 0.481. The molecule has 0 amide bonds. The lowest BCUT2D eigenvalue weighted by Crippen LogP contribution is -2.42. The SMILES string of the molecule is CCN(c1cc(Cl)cc2c(NCc3c(OC)cc(C)[nH]c3=O)nccc12)C1CCC(N(C)C)CC1. The molecule has 0 unspecified atom stereocenters. The van der Waals surface area contributed by atoms with Gasteiger partial charge in [-0.25, -0.2) is 4.98 Å². The van der Waals surface area contributed by atoms with Crippen molar-refractivity contribution in [3.05, 3.63) is 57.1 Å². The highest BCUT2D eigenvalue weighted by molar-refractivity contribution is 6.32. The van der Waals surface area contributed by atoms with Crippen LogP contribution in [0.15, 0.2) is 35.3 Å². The molecule has 1 aliphatic carbocycles. The second-order valence-electron chi connectivity index (χ2n) is 9.57. The summed E-state index contributed by atoms with van der Waals surface area (Å²) >= 11 is 6.64. The normalized spacial score (nSPS) is 18.1. The minimum absolute atomic E-state index is 0.168. The first-order chi connectivity index (χ1) is 16.8. The molecule has 0 saturated heterocycles. The van der Waals surface area contributed by atoms with Crippen LogP contribution in [0, 0.1) is 6.92 Å². The molecule has 0 spiro atoms. The zero-order valence-corrected chi connectivity index (χ0v) is 22.1. The second kappa shape index (κ2) is 10.9. The van der Waals surface area contributed by atoms with Crippen LogP contribution in [-0.4, -0.2) is 54.7 Å². The highest BCUT2D eigenvalue weighted by Crippen LogP contribution is 2.37. The van der Waals surface area contributed by atoms with Gasteiger partial charge in [0.2, 0.25) is 0 Å². The molecule has 2 heterocycles. The van der Waals surface area contributed by atoms with E-state index in [9.17, 15) is 4.79 Å². The lowest BCUT2D eigenvalue weighted by molar-refractivity contribution is 0.214. The van der Waals surface area contributed by atoms with E-state index in [-0.39, 0.29) is 5.56 Å². The number of nitrogens with zero attached hydrogens (tertiary/aromatic N) is 3. The van der Waals surface area contributed by atoms with E-state index in [1.165, 1.54) is 12.8 Å². The Kier molecular flexibility index (Phi) is 7.87.